The molecule has 1 aromatic carbocycles. The second kappa shape index (κ2) is 4.06. The number of rotatable bonds is 2. The predicted molar refractivity (Wildman–Crippen MR) is 73.2 cm³/mol. The van der Waals surface area contributed by atoms with Crippen LogP contribution in [-0.4, -0.2) is 10.1 Å². The van der Waals surface area contributed by atoms with Crippen molar-refractivity contribution in [2.75, 3.05) is 0 Å². The van der Waals surface area contributed by atoms with Gasteiger partial charge >= 0.3 is 0 Å². The lowest BCUT2D eigenvalue weighted by Crippen LogP contribution is -2.43. The molecule has 1 aliphatic rings. The Kier molecular flexibility index (Phi) is 2.63. The topological polar surface area (TPSA) is 33.1 Å². The van der Waals surface area contributed by atoms with E-state index in [0.717, 1.165) is 29.2 Å². The van der Waals surface area contributed by atoms with Crippen LogP contribution < -0.4 is 0 Å². The smallest absolute Gasteiger partial charge is 0.0922 e. The van der Waals surface area contributed by atoms with Gasteiger partial charge in [0.25, 0.3) is 0 Å². The van der Waals surface area contributed by atoms with Crippen LogP contribution in [0, 0.1) is 11.8 Å². The zero-order valence-electron chi connectivity index (χ0n) is 10.9. The van der Waals surface area contributed by atoms with Gasteiger partial charge in [-0.25, -0.2) is 0 Å². The van der Waals surface area contributed by atoms with Gasteiger partial charge < -0.3 is 5.11 Å². The Morgan fingerprint density at radius 1 is 1.22 bits per heavy atom. The Balaban J connectivity index is 2.01. The van der Waals surface area contributed by atoms with Crippen LogP contribution in [0.3, 0.4) is 0 Å². The van der Waals surface area contributed by atoms with Gasteiger partial charge in [-0.3, -0.25) is 4.98 Å². The van der Waals surface area contributed by atoms with Crippen molar-refractivity contribution in [3.05, 3.63) is 42.2 Å². The van der Waals surface area contributed by atoms with E-state index in [9.17, 15) is 5.11 Å². The molecular weight excluding hydrogens is 222 g/mol. The number of pyridine rings is 1. The monoisotopic (exact) mass is 241 g/mol. The van der Waals surface area contributed by atoms with Gasteiger partial charge in [-0.05, 0) is 30.1 Å². The molecule has 2 heteroatoms. The highest BCUT2D eigenvalue weighted by molar-refractivity contribution is 5.85. The minimum Gasteiger partial charge on any atom is -0.385 e. The first-order valence-electron chi connectivity index (χ1n) is 6.66. The number of hydrogen-bond donors (Lipinski definition) is 1. The fraction of sp³-hybridized carbons (Fsp3) is 0.438. The molecule has 2 nitrogen and oxygen atoms in total. The maximum Gasteiger partial charge on any atom is 0.0922 e. The number of benzene rings is 1. The number of nitrogens with zero attached hydrogens (tertiary/aromatic N) is 1. The van der Waals surface area contributed by atoms with Crippen LogP contribution in [0.5, 0.6) is 0 Å². The fourth-order valence-corrected chi connectivity index (χ4v) is 2.99. The second-order valence-electron chi connectivity index (χ2n) is 5.85. The quantitative estimate of drug-likeness (QED) is 0.873. The van der Waals surface area contributed by atoms with Crippen LogP contribution in [-0.2, 0) is 5.60 Å². The fourth-order valence-electron chi connectivity index (χ4n) is 2.99. The Bertz CT molecular complexity index is 565. The summed E-state index contributed by atoms with van der Waals surface area (Å²) in [7, 11) is 0. The molecule has 3 rings (SSSR count). The normalized spacial score (nSPS) is 27.4. The molecule has 1 fully saturated rings. The highest BCUT2D eigenvalue weighted by atomic mass is 16.3. The van der Waals surface area contributed by atoms with Crippen molar-refractivity contribution < 1.29 is 5.11 Å². The molecule has 0 saturated heterocycles. The van der Waals surface area contributed by atoms with E-state index in [1.54, 1.807) is 0 Å². The summed E-state index contributed by atoms with van der Waals surface area (Å²) in [4.78, 5) is 4.27. The summed E-state index contributed by atoms with van der Waals surface area (Å²) in [6.07, 6.45) is 5.42. The van der Waals surface area contributed by atoms with E-state index in [1.807, 2.05) is 30.6 Å². The van der Waals surface area contributed by atoms with E-state index in [-0.39, 0.29) is 0 Å². The van der Waals surface area contributed by atoms with Gasteiger partial charge in [0.15, 0.2) is 0 Å². The van der Waals surface area contributed by atoms with E-state index in [0.29, 0.717) is 11.8 Å². The Morgan fingerprint density at radius 3 is 2.67 bits per heavy atom. The maximum absolute atomic E-state index is 10.8. The third-order valence-electron chi connectivity index (χ3n) is 4.31. The van der Waals surface area contributed by atoms with E-state index in [1.165, 1.54) is 0 Å². The number of hydrogen-bond acceptors (Lipinski definition) is 2. The molecule has 1 aliphatic carbocycles. The molecule has 0 radical (unpaired) electrons. The molecule has 94 valence electrons. The van der Waals surface area contributed by atoms with Gasteiger partial charge in [-0.15, -0.1) is 0 Å². The van der Waals surface area contributed by atoms with Crippen LogP contribution in [0.4, 0.5) is 0 Å². The molecule has 1 heterocycles. The molecule has 0 amide bonds. The molecule has 1 saturated carbocycles. The summed E-state index contributed by atoms with van der Waals surface area (Å²) in [5.41, 5.74) is 0.334. The summed E-state index contributed by atoms with van der Waals surface area (Å²) in [6, 6.07) is 8.16. The number of fused-ring (bicyclic) bond motifs is 1. The summed E-state index contributed by atoms with van der Waals surface area (Å²) in [6.45, 7) is 4.46. The maximum atomic E-state index is 10.8. The second-order valence-corrected chi connectivity index (χ2v) is 5.85. The average molecular weight is 241 g/mol. The van der Waals surface area contributed by atoms with E-state index in [2.05, 4.69) is 24.9 Å². The minimum atomic E-state index is -0.664. The molecule has 0 bridgehead atoms. The third kappa shape index (κ3) is 1.72. The first-order chi connectivity index (χ1) is 8.60. The van der Waals surface area contributed by atoms with Gasteiger partial charge in [-0.1, -0.05) is 38.1 Å². The predicted octanol–water partition coefficient (Wildman–Crippen LogP) is 3.49. The zero-order valence-corrected chi connectivity index (χ0v) is 10.9. The van der Waals surface area contributed by atoms with Crippen molar-refractivity contribution in [3.8, 4) is 0 Å². The highest BCUT2D eigenvalue weighted by Crippen LogP contribution is 2.49. The van der Waals surface area contributed by atoms with Crippen LogP contribution in [0.1, 0.15) is 32.3 Å². The molecule has 0 spiro atoms. The molecule has 0 atom stereocenters. The molecule has 0 unspecified atom stereocenters. The van der Waals surface area contributed by atoms with Crippen molar-refractivity contribution in [2.24, 2.45) is 11.8 Å². The minimum absolute atomic E-state index is 0.633. The number of aliphatic hydroxyl groups is 1. The first-order valence-corrected chi connectivity index (χ1v) is 6.66. The van der Waals surface area contributed by atoms with E-state index < -0.39 is 5.60 Å². The molecule has 0 aliphatic heterocycles. The summed E-state index contributed by atoms with van der Waals surface area (Å²) < 4.78 is 0. The molecule has 1 N–H and O–H groups in total. The Hall–Kier alpha value is -1.41. The van der Waals surface area contributed by atoms with Crippen molar-refractivity contribution in [3.63, 3.8) is 0 Å². The SMILES string of the molecule is CC(C)C1CC(O)(c2cncc3ccccc23)C1. The highest BCUT2D eigenvalue weighted by Gasteiger charge is 2.45. The largest absolute Gasteiger partial charge is 0.385 e. The summed E-state index contributed by atoms with van der Waals surface area (Å²) in [5, 5.41) is 13.0. The molecule has 2 aromatic rings. The Morgan fingerprint density at radius 2 is 1.94 bits per heavy atom. The lowest BCUT2D eigenvalue weighted by atomic mass is 9.63. The molecular formula is C16H19NO. The Labute approximate surface area is 108 Å². The van der Waals surface area contributed by atoms with Crippen molar-refractivity contribution in [1.29, 1.82) is 0 Å². The first kappa shape index (κ1) is 11.7. The number of aromatic nitrogens is 1. The van der Waals surface area contributed by atoms with E-state index in [4.69, 9.17) is 0 Å². The van der Waals surface area contributed by atoms with Crippen LogP contribution >= 0.6 is 0 Å². The summed E-state index contributed by atoms with van der Waals surface area (Å²) >= 11 is 0. The van der Waals surface area contributed by atoms with Gasteiger partial charge in [0.05, 0.1) is 5.60 Å². The standard InChI is InChI=1S/C16H19NO/c1-11(2)13-7-16(18,8-13)15-10-17-9-12-5-3-4-6-14(12)15/h3-6,9-11,13,18H,7-8H2,1-2H3. The van der Waals surface area contributed by atoms with Crippen molar-refractivity contribution >= 4 is 10.8 Å². The van der Waals surface area contributed by atoms with Gasteiger partial charge in [0.2, 0.25) is 0 Å². The lowest BCUT2D eigenvalue weighted by Gasteiger charge is -2.46. The third-order valence-corrected chi connectivity index (χ3v) is 4.31. The van der Waals surface area contributed by atoms with Gasteiger partial charge in [-0.2, -0.15) is 0 Å². The van der Waals surface area contributed by atoms with Crippen LogP contribution in [0.15, 0.2) is 36.7 Å². The zero-order chi connectivity index (χ0) is 12.8. The van der Waals surface area contributed by atoms with Crippen LogP contribution in [0.25, 0.3) is 10.8 Å². The van der Waals surface area contributed by atoms with Crippen molar-refractivity contribution in [2.45, 2.75) is 32.3 Å². The van der Waals surface area contributed by atoms with Gasteiger partial charge in [0.1, 0.15) is 0 Å². The van der Waals surface area contributed by atoms with Crippen LogP contribution in [0.2, 0.25) is 0 Å². The van der Waals surface area contributed by atoms with E-state index >= 15 is 0 Å². The van der Waals surface area contributed by atoms with Crippen molar-refractivity contribution in [1.82, 2.24) is 4.98 Å². The molecule has 1 aromatic heterocycles. The van der Waals surface area contributed by atoms with Gasteiger partial charge in [0, 0.05) is 23.3 Å². The summed E-state index contributed by atoms with van der Waals surface area (Å²) in [5.74, 6) is 1.28. The average Bonchev–Trinajstić information content (AvgIpc) is 2.34. The molecule has 18 heavy (non-hydrogen) atoms. The lowest BCUT2D eigenvalue weighted by molar-refractivity contribution is -0.0924.